The van der Waals surface area contributed by atoms with Gasteiger partial charge in [0.05, 0.1) is 5.69 Å². The molecule has 1 fully saturated rings. The average molecular weight is 281 g/mol. The third-order valence-electron chi connectivity index (χ3n) is 4.62. The van der Waals surface area contributed by atoms with Crippen molar-refractivity contribution in [1.29, 1.82) is 0 Å². The maximum absolute atomic E-state index is 12.5. The molecule has 0 atom stereocenters. The highest BCUT2D eigenvalue weighted by molar-refractivity contribution is 7.17. The Morgan fingerprint density at radius 1 is 1.37 bits per heavy atom. The number of piperidine rings is 1. The SMILES string of the molecule is CCC1(CC)CCN(C(=O)c2sc(N)nc2C)CC1. The summed E-state index contributed by atoms with van der Waals surface area (Å²) in [6.45, 7) is 8.09. The van der Waals surface area contributed by atoms with Crippen molar-refractivity contribution in [3.8, 4) is 0 Å². The molecule has 2 rings (SSSR count). The summed E-state index contributed by atoms with van der Waals surface area (Å²) in [7, 11) is 0. The number of nitrogen functional groups attached to an aromatic ring is 1. The molecule has 0 radical (unpaired) electrons. The number of amides is 1. The number of anilines is 1. The number of likely N-dealkylation sites (tertiary alicyclic amines) is 1. The molecule has 0 unspecified atom stereocenters. The zero-order valence-corrected chi connectivity index (χ0v) is 12.8. The van der Waals surface area contributed by atoms with E-state index in [-0.39, 0.29) is 5.91 Å². The summed E-state index contributed by atoms with van der Waals surface area (Å²) in [5, 5.41) is 0.481. The molecule has 0 aromatic carbocycles. The van der Waals surface area contributed by atoms with Crippen LogP contribution in [0.4, 0.5) is 5.13 Å². The number of hydrogen-bond donors (Lipinski definition) is 1. The number of hydrogen-bond acceptors (Lipinski definition) is 4. The summed E-state index contributed by atoms with van der Waals surface area (Å²) in [4.78, 5) is 19.3. The molecule has 0 bridgehead atoms. The Morgan fingerprint density at radius 2 is 1.95 bits per heavy atom. The number of nitrogens with two attached hydrogens (primary N) is 1. The number of nitrogens with zero attached hydrogens (tertiary/aromatic N) is 2. The van der Waals surface area contributed by atoms with Crippen molar-refractivity contribution in [2.45, 2.75) is 46.5 Å². The Balaban J connectivity index is 2.06. The number of carbonyl (C=O) groups is 1. The first-order chi connectivity index (χ1) is 9.01. The molecule has 0 saturated carbocycles. The van der Waals surface area contributed by atoms with E-state index in [2.05, 4.69) is 18.8 Å². The van der Waals surface area contributed by atoms with E-state index in [1.165, 1.54) is 24.2 Å². The maximum atomic E-state index is 12.5. The van der Waals surface area contributed by atoms with Gasteiger partial charge in [-0.2, -0.15) is 0 Å². The van der Waals surface area contributed by atoms with Crippen molar-refractivity contribution in [3.05, 3.63) is 10.6 Å². The van der Waals surface area contributed by atoms with E-state index in [1.54, 1.807) is 0 Å². The number of rotatable bonds is 3. The molecule has 2 heterocycles. The molecule has 1 aliphatic rings. The van der Waals surface area contributed by atoms with Gasteiger partial charge >= 0.3 is 0 Å². The van der Waals surface area contributed by atoms with Crippen molar-refractivity contribution in [3.63, 3.8) is 0 Å². The predicted octanol–water partition coefficient (Wildman–Crippen LogP) is 3.08. The largest absolute Gasteiger partial charge is 0.375 e. The first-order valence-corrected chi connectivity index (χ1v) is 7.85. The molecule has 1 aromatic rings. The molecular formula is C14H23N3OS. The van der Waals surface area contributed by atoms with Gasteiger partial charge < -0.3 is 10.6 Å². The van der Waals surface area contributed by atoms with Gasteiger partial charge in [-0.05, 0) is 25.2 Å². The van der Waals surface area contributed by atoms with Gasteiger partial charge in [-0.15, -0.1) is 0 Å². The van der Waals surface area contributed by atoms with Crippen LogP contribution < -0.4 is 5.73 Å². The lowest BCUT2D eigenvalue weighted by Crippen LogP contribution is -2.42. The molecular weight excluding hydrogens is 258 g/mol. The number of thiazole rings is 1. The van der Waals surface area contributed by atoms with Crippen LogP contribution >= 0.6 is 11.3 Å². The molecule has 19 heavy (non-hydrogen) atoms. The van der Waals surface area contributed by atoms with Gasteiger partial charge in [0.1, 0.15) is 4.88 Å². The van der Waals surface area contributed by atoms with Gasteiger partial charge in [0.15, 0.2) is 5.13 Å². The van der Waals surface area contributed by atoms with Gasteiger partial charge in [0, 0.05) is 13.1 Å². The molecule has 106 valence electrons. The molecule has 0 aliphatic carbocycles. The number of carbonyl (C=O) groups excluding carboxylic acids is 1. The first-order valence-electron chi connectivity index (χ1n) is 7.03. The lowest BCUT2D eigenvalue weighted by molar-refractivity contribution is 0.0561. The summed E-state index contributed by atoms with van der Waals surface area (Å²) in [6, 6.07) is 0. The summed E-state index contributed by atoms with van der Waals surface area (Å²) in [5.74, 6) is 0.104. The van der Waals surface area contributed by atoms with Crippen molar-refractivity contribution in [2.24, 2.45) is 5.41 Å². The topological polar surface area (TPSA) is 59.2 Å². The van der Waals surface area contributed by atoms with E-state index < -0.39 is 0 Å². The molecule has 1 amide bonds. The molecule has 5 heteroatoms. The van der Waals surface area contributed by atoms with Crippen LogP contribution in [0, 0.1) is 12.3 Å². The molecule has 0 spiro atoms. The first kappa shape index (κ1) is 14.3. The standard InChI is InChI=1S/C14H23N3OS/c1-4-14(5-2)6-8-17(9-7-14)12(18)11-10(3)16-13(15)19-11/h4-9H2,1-3H3,(H2,15,16). The van der Waals surface area contributed by atoms with E-state index in [9.17, 15) is 4.79 Å². The van der Waals surface area contributed by atoms with Crippen LogP contribution in [0.3, 0.4) is 0 Å². The van der Waals surface area contributed by atoms with Crippen LogP contribution in [0.2, 0.25) is 0 Å². The summed E-state index contributed by atoms with van der Waals surface area (Å²) >= 11 is 1.30. The Hall–Kier alpha value is -1.10. The number of aryl methyl sites for hydroxylation is 1. The minimum atomic E-state index is 0.104. The van der Waals surface area contributed by atoms with Crippen LogP contribution in [0.15, 0.2) is 0 Å². The van der Waals surface area contributed by atoms with Crippen molar-refractivity contribution in [2.75, 3.05) is 18.8 Å². The van der Waals surface area contributed by atoms with Gasteiger partial charge in [0.2, 0.25) is 0 Å². The van der Waals surface area contributed by atoms with E-state index >= 15 is 0 Å². The molecule has 4 nitrogen and oxygen atoms in total. The number of aromatic nitrogens is 1. The van der Waals surface area contributed by atoms with E-state index in [0.29, 0.717) is 15.4 Å². The monoisotopic (exact) mass is 281 g/mol. The second kappa shape index (κ2) is 5.49. The molecule has 1 saturated heterocycles. The van der Waals surface area contributed by atoms with E-state index in [0.717, 1.165) is 31.6 Å². The average Bonchev–Trinajstić information content (AvgIpc) is 2.77. The van der Waals surface area contributed by atoms with Crippen LogP contribution in [-0.2, 0) is 0 Å². The van der Waals surface area contributed by atoms with Gasteiger partial charge in [-0.1, -0.05) is 38.0 Å². The third-order valence-corrected chi connectivity index (χ3v) is 5.59. The Labute approximate surface area is 119 Å². The second-order valence-electron chi connectivity index (χ2n) is 5.47. The second-order valence-corrected chi connectivity index (χ2v) is 6.50. The van der Waals surface area contributed by atoms with Crippen LogP contribution in [0.5, 0.6) is 0 Å². The highest BCUT2D eigenvalue weighted by Crippen LogP contribution is 2.38. The zero-order valence-electron chi connectivity index (χ0n) is 12.0. The minimum absolute atomic E-state index is 0.104. The van der Waals surface area contributed by atoms with Crippen LogP contribution in [-0.4, -0.2) is 28.9 Å². The predicted molar refractivity (Wildman–Crippen MR) is 79.4 cm³/mol. The highest BCUT2D eigenvalue weighted by atomic mass is 32.1. The molecule has 2 N–H and O–H groups in total. The third kappa shape index (κ3) is 2.76. The van der Waals surface area contributed by atoms with E-state index in [4.69, 9.17) is 5.73 Å². The fraction of sp³-hybridized carbons (Fsp3) is 0.714. The lowest BCUT2D eigenvalue weighted by atomic mass is 9.74. The van der Waals surface area contributed by atoms with Gasteiger partial charge in [-0.25, -0.2) is 4.98 Å². The van der Waals surface area contributed by atoms with Gasteiger partial charge in [-0.3, -0.25) is 4.79 Å². The molecule has 1 aromatic heterocycles. The van der Waals surface area contributed by atoms with Crippen molar-refractivity contribution >= 4 is 22.4 Å². The normalized spacial score (nSPS) is 18.6. The summed E-state index contributed by atoms with van der Waals surface area (Å²) < 4.78 is 0. The smallest absolute Gasteiger partial charge is 0.265 e. The van der Waals surface area contributed by atoms with Crippen LogP contribution in [0.1, 0.15) is 54.9 Å². The zero-order chi connectivity index (χ0) is 14.0. The fourth-order valence-electron chi connectivity index (χ4n) is 2.90. The Morgan fingerprint density at radius 3 is 2.37 bits per heavy atom. The Kier molecular flexibility index (Phi) is 4.13. The fourth-order valence-corrected chi connectivity index (χ4v) is 3.70. The summed E-state index contributed by atoms with van der Waals surface area (Å²) in [5.41, 5.74) is 6.87. The van der Waals surface area contributed by atoms with Gasteiger partial charge in [0.25, 0.3) is 5.91 Å². The highest BCUT2D eigenvalue weighted by Gasteiger charge is 2.33. The quantitative estimate of drug-likeness (QED) is 0.926. The molecule has 1 aliphatic heterocycles. The van der Waals surface area contributed by atoms with E-state index in [1.807, 2.05) is 11.8 Å². The van der Waals surface area contributed by atoms with Crippen LogP contribution in [0.25, 0.3) is 0 Å². The maximum Gasteiger partial charge on any atom is 0.265 e. The summed E-state index contributed by atoms with van der Waals surface area (Å²) in [6.07, 6.45) is 4.63. The lowest BCUT2D eigenvalue weighted by Gasteiger charge is -2.40. The van der Waals surface area contributed by atoms with Crippen molar-refractivity contribution < 1.29 is 4.79 Å². The minimum Gasteiger partial charge on any atom is -0.375 e. The Bertz CT molecular complexity index is 455. The van der Waals surface area contributed by atoms with Crippen molar-refractivity contribution in [1.82, 2.24) is 9.88 Å².